The summed E-state index contributed by atoms with van der Waals surface area (Å²) in [5.41, 5.74) is 6.28. The van der Waals surface area contributed by atoms with Crippen molar-refractivity contribution in [1.82, 2.24) is 0 Å². The Bertz CT molecular complexity index is 281. The number of nitrogens with two attached hydrogens (primary N) is 1. The van der Waals surface area contributed by atoms with Gasteiger partial charge in [-0.1, -0.05) is 0 Å². The van der Waals surface area contributed by atoms with Gasteiger partial charge in [-0.25, -0.2) is 0 Å². The van der Waals surface area contributed by atoms with Crippen molar-refractivity contribution >= 4 is 37.5 Å². The molecule has 0 aromatic heterocycles. The molecule has 1 aromatic carbocycles. The Morgan fingerprint density at radius 3 is 2.31 bits per heavy atom. The Hall–Kier alpha value is -0.260. The molecule has 0 aliphatic rings. The summed E-state index contributed by atoms with van der Waals surface area (Å²) in [6.07, 6.45) is 0. The van der Waals surface area contributed by atoms with Gasteiger partial charge in [0.1, 0.15) is 0 Å². The Balaban J connectivity index is 2.92. The largest absolute Gasteiger partial charge is 0.465 e. The third-order valence-electron chi connectivity index (χ3n) is 1.34. The Morgan fingerprint density at radius 1 is 1.31 bits per heavy atom. The molecule has 3 nitrogen and oxygen atoms in total. The van der Waals surface area contributed by atoms with Crippen molar-refractivity contribution in [2.75, 3.05) is 19.6 Å². The Labute approximate surface area is 93.5 Å². The van der Waals surface area contributed by atoms with E-state index in [0.717, 1.165) is 8.95 Å². The van der Waals surface area contributed by atoms with E-state index in [-0.39, 0.29) is 6.79 Å². The maximum Gasteiger partial charge on any atom is 0.188 e. The summed E-state index contributed by atoms with van der Waals surface area (Å²) < 4.78 is 11.7. The van der Waals surface area contributed by atoms with Gasteiger partial charge < -0.3 is 15.2 Å². The van der Waals surface area contributed by atoms with Gasteiger partial charge in [0.15, 0.2) is 12.5 Å². The lowest BCUT2D eigenvalue weighted by Crippen LogP contribution is -2.00. The van der Waals surface area contributed by atoms with E-state index in [1.165, 1.54) is 0 Å². The summed E-state index contributed by atoms with van der Waals surface area (Å²) in [4.78, 5) is 0. The predicted octanol–water partition coefficient (Wildman–Crippen LogP) is 2.78. The van der Waals surface area contributed by atoms with Gasteiger partial charge in [-0.15, -0.1) is 0 Å². The van der Waals surface area contributed by atoms with E-state index in [4.69, 9.17) is 15.2 Å². The molecule has 13 heavy (non-hydrogen) atoms. The summed E-state index contributed by atoms with van der Waals surface area (Å²) in [5, 5.41) is 0. The topological polar surface area (TPSA) is 44.5 Å². The molecule has 5 heteroatoms. The second-order valence-corrected chi connectivity index (χ2v) is 4.07. The van der Waals surface area contributed by atoms with Gasteiger partial charge in [-0.3, -0.25) is 0 Å². The lowest BCUT2D eigenvalue weighted by molar-refractivity contribution is 0.0500. The minimum Gasteiger partial charge on any atom is -0.465 e. The zero-order chi connectivity index (χ0) is 9.84. The molecule has 0 saturated heterocycles. The lowest BCUT2D eigenvalue weighted by atomic mass is 10.3. The number of rotatable bonds is 3. The van der Waals surface area contributed by atoms with E-state index in [0.29, 0.717) is 11.4 Å². The van der Waals surface area contributed by atoms with Crippen LogP contribution in [0.15, 0.2) is 21.1 Å². The molecule has 0 bridgehead atoms. The maximum atomic E-state index is 5.61. The molecule has 72 valence electrons. The van der Waals surface area contributed by atoms with Gasteiger partial charge >= 0.3 is 0 Å². The summed E-state index contributed by atoms with van der Waals surface area (Å²) in [6, 6.07) is 3.55. The SMILES string of the molecule is COCOc1c(Br)cc(N)cc1Br. The van der Waals surface area contributed by atoms with Gasteiger partial charge in [0.2, 0.25) is 0 Å². The number of benzene rings is 1. The Morgan fingerprint density at radius 2 is 1.85 bits per heavy atom. The summed E-state index contributed by atoms with van der Waals surface area (Å²) in [5.74, 6) is 0.691. The van der Waals surface area contributed by atoms with Crippen molar-refractivity contribution < 1.29 is 9.47 Å². The third-order valence-corrected chi connectivity index (χ3v) is 2.52. The first-order chi connectivity index (χ1) is 6.15. The van der Waals surface area contributed by atoms with Gasteiger partial charge in [0, 0.05) is 12.8 Å². The van der Waals surface area contributed by atoms with Crippen LogP contribution in [0.3, 0.4) is 0 Å². The highest BCUT2D eigenvalue weighted by Gasteiger charge is 2.07. The van der Waals surface area contributed by atoms with E-state index >= 15 is 0 Å². The molecule has 2 N–H and O–H groups in total. The smallest absolute Gasteiger partial charge is 0.188 e. The average molecular weight is 311 g/mol. The van der Waals surface area contributed by atoms with Crippen LogP contribution < -0.4 is 10.5 Å². The molecule has 0 aliphatic carbocycles. The van der Waals surface area contributed by atoms with Crippen LogP contribution in [-0.4, -0.2) is 13.9 Å². The molecule has 0 unspecified atom stereocenters. The highest BCUT2D eigenvalue weighted by atomic mass is 79.9. The molecular formula is C8H9Br2NO2. The molecule has 0 saturated carbocycles. The third kappa shape index (κ3) is 2.86. The number of ether oxygens (including phenoxy) is 2. The molecule has 1 aromatic rings. The normalized spacial score (nSPS) is 10.1. The van der Waals surface area contributed by atoms with E-state index < -0.39 is 0 Å². The van der Waals surface area contributed by atoms with Crippen LogP contribution in [0.25, 0.3) is 0 Å². The molecule has 0 spiro atoms. The number of nitrogen functional groups attached to an aromatic ring is 1. The van der Waals surface area contributed by atoms with Gasteiger partial charge in [0.05, 0.1) is 8.95 Å². The second kappa shape index (κ2) is 4.83. The first kappa shape index (κ1) is 10.8. The molecule has 1 rings (SSSR count). The number of methoxy groups -OCH3 is 1. The lowest BCUT2D eigenvalue weighted by Gasteiger charge is -2.09. The van der Waals surface area contributed by atoms with E-state index in [2.05, 4.69) is 31.9 Å². The highest BCUT2D eigenvalue weighted by molar-refractivity contribution is 9.11. The molecule has 0 heterocycles. The van der Waals surface area contributed by atoms with Gasteiger partial charge in [-0.05, 0) is 44.0 Å². The van der Waals surface area contributed by atoms with E-state index in [1.807, 2.05) is 0 Å². The predicted molar refractivity (Wildman–Crippen MR) is 58.8 cm³/mol. The van der Waals surface area contributed by atoms with Crippen molar-refractivity contribution in [3.05, 3.63) is 21.1 Å². The molecule has 0 amide bonds. The first-order valence-electron chi connectivity index (χ1n) is 3.51. The zero-order valence-electron chi connectivity index (χ0n) is 7.01. The fourth-order valence-electron chi connectivity index (χ4n) is 0.835. The van der Waals surface area contributed by atoms with E-state index in [9.17, 15) is 0 Å². The molecule has 0 fully saturated rings. The van der Waals surface area contributed by atoms with Crippen molar-refractivity contribution in [3.63, 3.8) is 0 Å². The number of hydrogen-bond acceptors (Lipinski definition) is 3. The molecular weight excluding hydrogens is 302 g/mol. The van der Waals surface area contributed by atoms with Crippen molar-refractivity contribution in [1.29, 1.82) is 0 Å². The van der Waals surface area contributed by atoms with Crippen molar-refractivity contribution in [3.8, 4) is 5.75 Å². The van der Waals surface area contributed by atoms with Crippen molar-refractivity contribution in [2.24, 2.45) is 0 Å². The van der Waals surface area contributed by atoms with E-state index in [1.54, 1.807) is 19.2 Å². The minimum absolute atomic E-state index is 0.209. The van der Waals surface area contributed by atoms with Crippen LogP contribution in [0.1, 0.15) is 0 Å². The number of halogens is 2. The quantitative estimate of drug-likeness (QED) is 0.689. The summed E-state index contributed by atoms with van der Waals surface area (Å²) in [7, 11) is 1.57. The van der Waals surface area contributed by atoms with Gasteiger partial charge in [-0.2, -0.15) is 0 Å². The van der Waals surface area contributed by atoms with Gasteiger partial charge in [0.25, 0.3) is 0 Å². The van der Waals surface area contributed by atoms with Crippen LogP contribution in [0, 0.1) is 0 Å². The van der Waals surface area contributed by atoms with Crippen LogP contribution >= 0.6 is 31.9 Å². The maximum absolute atomic E-state index is 5.61. The standard InChI is InChI=1S/C8H9Br2NO2/c1-12-4-13-8-6(9)2-5(11)3-7(8)10/h2-3H,4,11H2,1H3. The van der Waals surface area contributed by atoms with Crippen LogP contribution in [0.5, 0.6) is 5.75 Å². The fourth-order valence-corrected chi connectivity index (χ4v) is 2.29. The summed E-state index contributed by atoms with van der Waals surface area (Å²) >= 11 is 6.68. The van der Waals surface area contributed by atoms with Crippen LogP contribution in [0.2, 0.25) is 0 Å². The summed E-state index contributed by atoms with van der Waals surface area (Å²) in [6.45, 7) is 0.209. The molecule has 0 radical (unpaired) electrons. The van der Waals surface area contributed by atoms with Crippen LogP contribution in [0.4, 0.5) is 5.69 Å². The first-order valence-corrected chi connectivity index (χ1v) is 5.10. The monoisotopic (exact) mass is 309 g/mol. The number of hydrogen-bond donors (Lipinski definition) is 1. The minimum atomic E-state index is 0.209. The molecule has 0 aliphatic heterocycles. The van der Waals surface area contributed by atoms with Crippen LogP contribution in [-0.2, 0) is 4.74 Å². The highest BCUT2D eigenvalue weighted by Crippen LogP contribution is 2.35. The average Bonchev–Trinajstić information content (AvgIpc) is 2.02. The van der Waals surface area contributed by atoms with Crippen molar-refractivity contribution in [2.45, 2.75) is 0 Å². The Kier molecular flexibility index (Phi) is 4.02. The fraction of sp³-hybridized carbons (Fsp3) is 0.250. The second-order valence-electron chi connectivity index (χ2n) is 2.36. The number of anilines is 1. The zero-order valence-corrected chi connectivity index (χ0v) is 10.2. The molecule has 0 atom stereocenters.